The molecule has 4 rings (SSSR count). The fourth-order valence-electron chi connectivity index (χ4n) is 7.84. The number of fused-ring (bicyclic) bond motifs is 5. The number of aliphatic carboxylic acids is 1. The van der Waals surface area contributed by atoms with E-state index in [1.165, 1.54) is 5.57 Å². The number of aliphatic hydroxyl groups excluding tert-OH is 2. The Bertz CT molecular complexity index is 628. The van der Waals surface area contributed by atoms with Gasteiger partial charge in [-0.1, -0.05) is 25.5 Å². The quantitative estimate of drug-likeness (QED) is 0.668. The molecule has 0 saturated heterocycles. The van der Waals surface area contributed by atoms with Gasteiger partial charge in [-0.05, 0) is 86.4 Å². The summed E-state index contributed by atoms with van der Waals surface area (Å²) in [5.41, 5.74) is 0.678. The monoisotopic (exact) mass is 362 g/mol. The molecule has 4 heteroatoms. The van der Waals surface area contributed by atoms with E-state index < -0.39 is 11.4 Å². The fraction of sp³-hybridized carbons (Fsp3) is 0.864. The summed E-state index contributed by atoms with van der Waals surface area (Å²) < 4.78 is 0. The number of carboxylic acids is 1. The summed E-state index contributed by atoms with van der Waals surface area (Å²) in [5, 5.41) is 29.8. The summed E-state index contributed by atoms with van der Waals surface area (Å²) in [5.74, 6) is 0.906. The molecule has 26 heavy (non-hydrogen) atoms. The SMILES string of the molecule is C[C@]12CCC(O)CC1=CC[C@@H]1[C@@H]2CC[C@@]2(C)[C@H]1CC[C@@]2(CCO)C(=O)O. The zero-order valence-electron chi connectivity index (χ0n) is 16.2. The van der Waals surface area contributed by atoms with Gasteiger partial charge in [-0.15, -0.1) is 0 Å². The zero-order valence-corrected chi connectivity index (χ0v) is 16.2. The van der Waals surface area contributed by atoms with E-state index in [4.69, 9.17) is 0 Å². The van der Waals surface area contributed by atoms with Crippen LogP contribution >= 0.6 is 0 Å². The topological polar surface area (TPSA) is 77.8 Å². The Morgan fingerprint density at radius 3 is 2.58 bits per heavy atom. The second kappa shape index (κ2) is 6.07. The lowest BCUT2D eigenvalue weighted by Gasteiger charge is -2.59. The van der Waals surface area contributed by atoms with E-state index in [2.05, 4.69) is 19.9 Å². The van der Waals surface area contributed by atoms with Crippen LogP contribution in [0, 0.1) is 34.0 Å². The second-order valence-corrected chi connectivity index (χ2v) is 10.0. The maximum Gasteiger partial charge on any atom is 0.310 e. The Hall–Kier alpha value is -0.870. The van der Waals surface area contributed by atoms with Gasteiger partial charge in [0, 0.05) is 6.61 Å². The molecule has 4 nitrogen and oxygen atoms in total. The molecule has 146 valence electrons. The molecule has 0 amide bonds. The number of aliphatic hydroxyl groups is 2. The molecule has 0 heterocycles. The van der Waals surface area contributed by atoms with E-state index >= 15 is 0 Å². The molecule has 3 fully saturated rings. The van der Waals surface area contributed by atoms with E-state index in [-0.39, 0.29) is 23.5 Å². The average molecular weight is 363 g/mol. The van der Waals surface area contributed by atoms with E-state index in [0.717, 1.165) is 44.9 Å². The van der Waals surface area contributed by atoms with Gasteiger partial charge in [0.15, 0.2) is 0 Å². The molecular formula is C22H34O4. The third-order valence-electron chi connectivity index (χ3n) is 9.39. The first-order valence-electron chi connectivity index (χ1n) is 10.5. The minimum absolute atomic E-state index is 0.0393. The van der Waals surface area contributed by atoms with Crippen molar-refractivity contribution in [3.63, 3.8) is 0 Å². The van der Waals surface area contributed by atoms with Crippen molar-refractivity contribution < 1.29 is 20.1 Å². The summed E-state index contributed by atoms with van der Waals surface area (Å²) in [4.78, 5) is 12.3. The molecule has 3 N–H and O–H groups in total. The van der Waals surface area contributed by atoms with Crippen LogP contribution in [0.25, 0.3) is 0 Å². The van der Waals surface area contributed by atoms with Crippen molar-refractivity contribution in [2.45, 2.75) is 77.7 Å². The summed E-state index contributed by atoms with van der Waals surface area (Å²) in [6.45, 7) is 4.57. The Morgan fingerprint density at radius 1 is 1.15 bits per heavy atom. The Morgan fingerprint density at radius 2 is 1.88 bits per heavy atom. The van der Waals surface area contributed by atoms with Crippen LogP contribution in [0.3, 0.4) is 0 Å². The first kappa shape index (κ1) is 18.5. The Labute approximate surface area is 156 Å². The highest BCUT2D eigenvalue weighted by Crippen LogP contribution is 2.70. The highest BCUT2D eigenvalue weighted by atomic mass is 16.4. The van der Waals surface area contributed by atoms with Crippen molar-refractivity contribution in [2.75, 3.05) is 6.61 Å². The predicted octanol–water partition coefficient (Wildman–Crippen LogP) is 3.76. The largest absolute Gasteiger partial charge is 0.481 e. The van der Waals surface area contributed by atoms with Gasteiger partial charge in [0.2, 0.25) is 0 Å². The van der Waals surface area contributed by atoms with Crippen molar-refractivity contribution in [3.05, 3.63) is 11.6 Å². The first-order valence-corrected chi connectivity index (χ1v) is 10.5. The highest BCUT2D eigenvalue weighted by molar-refractivity contribution is 5.76. The van der Waals surface area contributed by atoms with Crippen LogP contribution in [0.5, 0.6) is 0 Å². The standard InChI is InChI=1S/C22H34O4/c1-20-8-5-15(24)13-14(20)3-4-16-17(20)6-9-21(2)18(16)7-10-22(21,11-12-23)19(25)26/h3,15-18,23-24H,4-13H2,1-2H3,(H,25,26)/t15?,16-,17+,18+,20+,21+,22-/m1/s1. The van der Waals surface area contributed by atoms with E-state index in [9.17, 15) is 20.1 Å². The van der Waals surface area contributed by atoms with Crippen LogP contribution in [0.15, 0.2) is 11.6 Å². The molecule has 0 spiro atoms. The fourth-order valence-corrected chi connectivity index (χ4v) is 7.84. The molecule has 4 aliphatic rings. The molecule has 0 aromatic rings. The minimum atomic E-state index is -0.759. The Kier molecular flexibility index (Phi) is 4.31. The van der Waals surface area contributed by atoms with Crippen LogP contribution in [-0.2, 0) is 4.79 Å². The normalized spacial score (nSPS) is 50.4. The average Bonchev–Trinajstić information content (AvgIpc) is 2.90. The van der Waals surface area contributed by atoms with Crippen LogP contribution < -0.4 is 0 Å². The summed E-state index contributed by atoms with van der Waals surface area (Å²) in [6.07, 6.45) is 10.1. The van der Waals surface area contributed by atoms with Crippen LogP contribution in [-0.4, -0.2) is 34.0 Å². The predicted molar refractivity (Wildman–Crippen MR) is 99.5 cm³/mol. The molecule has 0 aromatic heterocycles. The number of carbonyl (C=O) groups is 1. The highest BCUT2D eigenvalue weighted by Gasteiger charge is 2.66. The van der Waals surface area contributed by atoms with Gasteiger partial charge in [0.25, 0.3) is 0 Å². The molecule has 3 saturated carbocycles. The van der Waals surface area contributed by atoms with Crippen molar-refractivity contribution in [1.29, 1.82) is 0 Å². The number of rotatable bonds is 3. The van der Waals surface area contributed by atoms with E-state index in [0.29, 0.717) is 30.6 Å². The Balaban J connectivity index is 1.69. The maximum atomic E-state index is 12.3. The number of hydrogen-bond donors (Lipinski definition) is 3. The van der Waals surface area contributed by atoms with Crippen molar-refractivity contribution >= 4 is 5.97 Å². The van der Waals surface area contributed by atoms with Gasteiger partial charge in [-0.2, -0.15) is 0 Å². The molecule has 7 atom stereocenters. The lowest BCUT2D eigenvalue weighted by molar-refractivity contribution is -0.165. The summed E-state index contributed by atoms with van der Waals surface area (Å²) in [7, 11) is 0. The maximum absolute atomic E-state index is 12.3. The van der Waals surface area contributed by atoms with Crippen LogP contribution in [0.1, 0.15) is 71.6 Å². The summed E-state index contributed by atoms with van der Waals surface area (Å²) in [6, 6.07) is 0. The van der Waals surface area contributed by atoms with Gasteiger partial charge < -0.3 is 15.3 Å². The molecule has 0 radical (unpaired) electrons. The zero-order chi connectivity index (χ0) is 18.7. The molecule has 4 aliphatic carbocycles. The first-order chi connectivity index (χ1) is 12.3. The number of allylic oxidation sites excluding steroid dienone is 1. The van der Waals surface area contributed by atoms with Crippen molar-refractivity contribution in [1.82, 2.24) is 0 Å². The van der Waals surface area contributed by atoms with Gasteiger partial charge >= 0.3 is 5.97 Å². The number of hydrogen-bond acceptors (Lipinski definition) is 3. The van der Waals surface area contributed by atoms with Gasteiger partial charge in [-0.25, -0.2) is 0 Å². The van der Waals surface area contributed by atoms with E-state index in [1.807, 2.05) is 0 Å². The lowest BCUT2D eigenvalue weighted by atomic mass is 9.45. The molecular weight excluding hydrogens is 328 g/mol. The van der Waals surface area contributed by atoms with E-state index in [1.54, 1.807) is 0 Å². The smallest absolute Gasteiger partial charge is 0.310 e. The number of carboxylic acid groups (broad SMARTS) is 1. The van der Waals surface area contributed by atoms with Gasteiger partial charge in [0.1, 0.15) is 0 Å². The third-order valence-corrected chi connectivity index (χ3v) is 9.39. The minimum Gasteiger partial charge on any atom is -0.481 e. The second-order valence-electron chi connectivity index (χ2n) is 10.0. The summed E-state index contributed by atoms with van der Waals surface area (Å²) >= 11 is 0. The van der Waals surface area contributed by atoms with Crippen LogP contribution in [0.4, 0.5) is 0 Å². The molecule has 0 aromatic carbocycles. The third kappa shape index (κ3) is 2.24. The van der Waals surface area contributed by atoms with Crippen LogP contribution in [0.2, 0.25) is 0 Å². The van der Waals surface area contributed by atoms with Crippen molar-refractivity contribution in [3.8, 4) is 0 Å². The lowest BCUT2D eigenvalue weighted by Crippen LogP contribution is -2.54. The molecule has 0 bridgehead atoms. The molecule has 0 aliphatic heterocycles. The molecule has 1 unspecified atom stereocenters. The van der Waals surface area contributed by atoms with Gasteiger partial charge in [0.05, 0.1) is 11.5 Å². The van der Waals surface area contributed by atoms with Gasteiger partial charge in [-0.3, -0.25) is 4.79 Å². The van der Waals surface area contributed by atoms with Crippen molar-refractivity contribution in [2.24, 2.45) is 34.0 Å².